The largest absolute Gasteiger partial charge is 0.438 e. The SMILES string of the molecule is CNC(C)c1csc(NC(=O)c2ocnc2C)n1. The summed E-state index contributed by atoms with van der Waals surface area (Å²) in [5, 5.41) is 8.23. The fourth-order valence-electron chi connectivity index (χ4n) is 1.36. The van der Waals surface area contributed by atoms with Crippen molar-refractivity contribution < 1.29 is 9.21 Å². The van der Waals surface area contributed by atoms with Crippen molar-refractivity contribution in [3.63, 3.8) is 0 Å². The summed E-state index contributed by atoms with van der Waals surface area (Å²) in [6.45, 7) is 3.72. The molecule has 0 aliphatic rings. The lowest BCUT2D eigenvalue weighted by atomic mass is 10.3. The summed E-state index contributed by atoms with van der Waals surface area (Å²) in [5.74, 6) is -0.114. The van der Waals surface area contributed by atoms with Crippen molar-refractivity contribution in [2.24, 2.45) is 0 Å². The van der Waals surface area contributed by atoms with Gasteiger partial charge >= 0.3 is 0 Å². The molecule has 1 atom stereocenters. The number of nitrogens with zero attached hydrogens (tertiary/aromatic N) is 2. The number of amides is 1. The zero-order valence-electron chi connectivity index (χ0n) is 10.4. The maximum atomic E-state index is 11.9. The van der Waals surface area contributed by atoms with Crippen molar-refractivity contribution in [2.45, 2.75) is 19.9 Å². The zero-order valence-corrected chi connectivity index (χ0v) is 11.2. The highest BCUT2D eigenvalue weighted by Gasteiger charge is 2.16. The van der Waals surface area contributed by atoms with Crippen LogP contribution in [0.1, 0.15) is 34.9 Å². The monoisotopic (exact) mass is 266 g/mol. The number of aryl methyl sites for hydroxylation is 1. The molecule has 0 saturated heterocycles. The molecule has 2 rings (SSSR count). The minimum absolute atomic E-state index is 0.152. The Morgan fingerprint density at radius 3 is 2.94 bits per heavy atom. The van der Waals surface area contributed by atoms with E-state index in [4.69, 9.17) is 4.42 Å². The predicted octanol–water partition coefficient (Wildman–Crippen LogP) is 1.97. The molecule has 2 aromatic heterocycles. The summed E-state index contributed by atoms with van der Waals surface area (Å²) in [6, 6.07) is 0.152. The van der Waals surface area contributed by atoms with Crippen molar-refractivity contribution in [1.82, 2.24) is 15.3 Å². The minimum atomic E-state index is -0.331. The average Bonchev–Trinajstić information content (AvgIpc) is 2.97. The number of hydrogen-bond donors (Lipinski definition) is 2. The van der Waals surface area contributed by atoms with Crippen molar-refractivity contribution in [3.8, 4) is 0 Å². The van der Waals surface area contributed by atoms with Crippen LogP contribution < -0.4 is 10.6 Å². The third-order valence-corrected chi connectivity index (χ3v) is 3.35. The van der Waals surface area contributed by atoms with E-state index >= 15 is 0 Å². The lowest BCUT2D eigenvalue weighted by Gasteiger charge is -2.04. The molecule has 18 heavy (non-hydrogen) atoms. The number of nitrogens with one attached hydrogen (secondary N) is 2. The fourth-order valence-corrected chi connectivity index (χ4v) is 2.16. The Labute approximate surface area is 108 Å². The van der Waals surface area contributed by atoms with Gasteiger partial charge in [-0.05, 0) is 20.9 Å². The molecule has 1 amide bonds. The van der Waals surface area contributed by atoms with Crippen LogP contribution in [-0.4, -0.2) is 22.9 Å². The van der Waals surface area contributed by atoms with Crippen LogP contribution in [0.5, 0.6) is 0 Å². The maximum Gasteiger partial charge on any atom is 0.295 e. The number of oxazole rings is 1. The normalized spacial score (nSPS) is 12.4. The predicted molar refractivity (Wildman–Crippen MR) is 68.8 cm³/mol. The van der Waals surface area contributed by atoms with Crippen LogP contribution in [0.15, 0.2) is 16.2 Å². The fraction of sp³-hybridized carbons (Fsp3) is 0.364. The van der Waals surface area contributed by atoms with Crippen molar-refractivity contribution in [3.05, 3.63) is 28.9 Å². The van der Waals surface area contributed by atoms with Gasteiger partial charge in [0.15, 0.2) is 11.5 Å². The average molecular weight is 266 g/mol. The highest BCUT2D eigenvalue weighted by Crippen LogP contribution is 2.21. The molecule has 0 aromatic carbocycles. The van der Waals surface area contributed by atoms with E-state index in [9.17, 15) is 4.79 Å². The Morgan fingerprint density at radius 1 is 1.56 bits per heavy atom. The molecule has 1 unspecified atom stereocenters. The van der Waals surface area contributed by atoms with Gasteiger partial charge in [0.25, 0.3) is 5.91 Å². The summed E-state index contributed by atoms with van der Waals surface area (Å²) in [6.07, 6.45) is 1.25. The van der Waals surface area contributed by atoms with Crippen LogP contribution in [-0.2, 0) is 0 Å². The van der Waals surface area contributed by atoms with Crippen molar-refractivity contribution in [1.29, 1.82) is 0 Å². The van der Waals surface area contributed by atoms with Gasteiger partial charge in [0.05, 0.1) is 11.4 Å². The van der Waals surface area contributed by atoms with Crippen molar-refractivity contribution >= 4 is 22.4 Å². The first-order valence-corrected chi connectivity index (χ1v) is 6.34. The van der Waals surface area contributed by atoms with E-state index in [-0.39, 0.29) is 17.7 Å². The Morgan fingerprint density at radius 2 is 2.33 bits per heavy atom. The molecule has 0 bridgehead atoms. The zero-order chi connectivity index (χ0) is 13.1. The van der Waals surface area contributed by atoms with E-state index in [0.29, 0.717) is 10.8 Å². The third-order valence-electron chi connectivity index (χ3n) is 2.57. The molecular formula is C11H14N4O2S. The highest BCUT2D eigenvalue weighted by atomic mass is 32.1. The number of carbonyl (C=O) groups is 1. The third kappa shape index (κ3) is 2.57. The van der Waals surface area contributed by atoms with Crippen LogP contribution in [0.4, 0.5) is 5.13 Å². The van der Waals surface area contributed by atoms with Gasteiger partial charge in [-0.2, -0.15) is 0 Å². The summed E-state index contributed by atoms with van der Waals surface area (Å²) >= 11 is 1.38. The summed E-state index contributed by atoms with van der Waals surface area (Å²) in [7, 11) is 1.86. The first-order valence-electron chi connectivity index (χ1n) is 5.46. The second-order valence-corrected chi connectivity index (χ2v) is 4.67. The van der Waals surface area contributed by atoms with Gasteiger partial charge in [-0.3, -0.25) is 10.1 Å². The standard InChI is InChI=1S/C11H14N4O2S/c1-6(12-3)8-4-18-11(14-8)15-10(16)9-7(2)13-5-17-9/h4-6,12H,1-3H3,(H,14,15,16). The minimum Gasteiger partial charge on any atom is -0.438 e. The molecule has 6 nitrogen and oxygen atoms in total. The van der Waals surface area contributed by atoms with E-state index in [0.717, 1.165) is 5.69 Å². The smallest absolute Gasteiger partial charge is 0.295 e. The summed E-state index contributed by atoms with van der Waals surface area (Å²) in [5.41, 5.74) is 1.46. The molecule has 0 fully saturated rings. The van der Waals surface area contributed by atoms with E-state index < -0.39 is 0 Å². The second kappa shape index (κ2) is 5.28. The molecule has 0 aliphatic carbocycles. The first kappa shape index (κ1) is 12.7. The van der Waals surface area contributed by atoms with Gasteiger partial charge in [-0.25, -0.2) is 9.97 Å². The van der Waals surface area contributed by atoms with Gasteiger partial charge in [0.1, 0.15) is 0 Å². The number of aromatic nitrogens is 2. The van der Waals surface area contributed by atoms with Gasteiger partial charge in [0, 0.05) is 11.4 Å². The van der Waals surface area contributed by atoms with E-state index in [2.05, 4.69) is 20.6 Å². The van der Waals surface area contributed by atoms with Gasteiger partial charge in [0.2, 0.25) is 5.76 Å². The molecule has 96 valence electrons. The molecule has 2 N–H and O–H groups in total. The van der Waals surface area contributed by atoms with E-state index in [1.807, 2.05) is 19.4 Å². The van der Waals surface area contributed by atoms with Crippen LogP contribution in [0.3, 0.4) is 0 Å². The number of hydrogen-bond acceptors (Lipinski definition) is 6. The number of carbonyl (C=O) groups excluding carboxylic acids is 1. The lowest BCUT2D eigenvalue weighted by molar-refractivity contribution is 0.0996. The van der Waals surface area contributed by atoms with Crippen LogP contribution in [0.25, 0.3) is 0 Å². The van der Waals surface area contributed by atoms with Gasteiger partial charge < -0.3 is 9.73 Å². The Kier molecular flexibility index (Phi) is 3.73. The van der Waals surface area contributed by atoms with Crippen molar-refractivity contribution in [2.75, 3.05) is 12.4 Å². The number of thiazole rings is 1. The quantitative estimate of drug-likeness (QED) is 0.884. The summed E-state index contributed by atoms with van der Waals surface area (Å²) in [4.78, 5) is 20.0. The lowest BCUT2D eigenvalue weighted by Crippen LogP contribution is -2.14. The second-order valence-electron chi connectivity index (χ2n) is 3.81. The number of rotatable bonds is 4. The molecule has 2 heterocycles. The Hall–Kier alpha value is -1.73. The van der Waals surface area contributed by atoms with Crippen LogP contribution in [0.2, 0.25) is 0 Å². The van der Waals surface area contributed by atoms with Gasteiger partial charge in [-0.15, -0.1) is 11.3 Å². The highest BCUT2D eigenvalue weighted by molar-refractivity contribution is 7.14. The molecule has 0 aliphatic heterocycles. The Bertz CT molecular complexity index is 549. The van der Waals surface area contributed by atoms with E-state index in [1.165, 1.54) is 17.7 Å². The maximum absolute atomic E-state index is 11.9. The first-order chi connectivity index (χ1) is 8.61. The molecule has 2 aromatic rings. The van der Waals surface area contributed by atoms with Crippen LogP contribution >= 0.6 is 11.3 Å². The molecule has 0 radical (unpaired) electrons. The number of anilines is 1. The topological polar surface area (TPSA) is 80.0 Å². The van der Waals surface area contributed by atoms with Gasteiger partial charge in [-0.1, -0.05) is 0 Å². The molecule has 0 spiro atoms. The molecule has 7 heteroatoms. The molecule has 0 saturated carbocycles. The Balaban J connectivity index is 2.08. The molecular weight excluding hydrogens is 252 g/mol. The summed E-state index contributed by atoms with van der Waals surface area (Å²) < 4.78 is 5.02. The van der Waals surface area contributed by atoms with E-state index in [1.54, 1.807) is 6.92 Å². The van der Waals surface area contributed by atoms with Crippen LogP contribution in [0, 0.1) is 6.92 Å².